The van der Waals surface area contributed by atoms with Gasteiger partial charge in [-0.15, -0.1) is 0 Å². The fourth-order valence-corrected chi connectivity index (χ4v) is 2.11. The summed E-state index contributed by atoms with van der Waals surface area (Å²) in [6.07, 6.45) is 5.78. The molecule has 0 aromatic carbocycles. The van der Waals surface area contributed by atoms with Gasteiger partial charge in [0.15, 0.2) is 0 Å². The normalized spacial score (nSPS) is 21.1. The van der Waals surface area contributed by atoms with Crippen molar-refractivity contribution in [1.82, 2.24) is 10.6 Å². The summed E-state index contributed by atoms with van der Waals surface area (Å²) < 4.78 is 0. The number of nitrogens with one attached hydrogen (secondary N) is 2. The molecule has 1 aliphatic heterocycles. The van der Waals surface area contributed by atoms with Gasteiger partial charge in [0.05, 0.1) is 5.92 Å². The van der Waals surface area contributed by atoms with E-state index in [1.165, 1.54) is 12.8 Å². The summed E-state index contributed by atoms with van der Waals surface area (Å²) in [6.45, 7) is 7.26. The predicted octanol–water partition coefficient (Wildman–Crippen LogP) is 1.93. The highest BCUT2D eigenvalue weighted by molar-refractivity contribution is 5.78. The van der Waals surface area contributed by atoms with E-state index in [-0.39, 0.29) is 11.8 Å². The molecule has 1 aliphatic rings. The number of hydrogen-bond acceptors (Lipinski definition) is 2. The molecule has 0 aromatic heterocycles. The van der Waals surface area contributed by atoms with Crippen molar-refractivity contribution in [3.05, 3.63) is 0 Å². The molecule has 0 aromatic rings. The second-order valence-corrected chi connectivity index (χ2v) is 5.22. The first kappa shape index (κ1) is 13.5. The number of hydrogen-bond donors (Lipinski definition) is 2. The number of rotatable bonds is 6. The molecule has 2 N–H and O–H groups in total. The van der Waals surface area contributed by atoms with Crippen molar-refractivity contribution in [3.8, 4) is 0 Å². The first-order chi connectivity index (χ1) is 7.70. The molecule has 1 amide bonds. The third-order valence-corrected chi connectivity index (χ3v) is 3.18. The van der Waals surface area contributed by atoms with Crippen LogP contribution in [0.3, 0.4) is 0 Å². The lowest BCUT2D eigenvalue weighted by atomic mass is 9.99. The van der Waals surface area contributed by atoms with E-state index >= 15 is 0 Å². The Hall–Kier alpha value is -0.570. The van der Waals surface area contributed by atoms with Crippen LogP contribution < -0.4 is 10.6 Å². The number of amides is 1. The van der Waals surface area contributed by atoms with Crippen LogP contribution >= 0.6 is 0 Å². The summed E-state index contributed by atoms with van der Waals surface area (Å²) in [5, 5.41) is 6.32. The van der Waals surface area contributed by atoms with Gasteiger partial charge in [-0.25, -0.2) is 0 Å². The lowest BCUT2D eigenvalue weighted by Crippen LogP contribution is -2.40. The van der Waals surface area contributed by atoms with Crippen LogP contribution in [0.15, 0.2) is 0 Å². The van der Waals surface area contributed by atoms with E-state index in [4.69, 9.17) is 0 Å². The summed E-state index contributed by atoms with van der Waals surface area (Å²) in [7, 11) is 0. The van der Waals surface area contributed by atoms with Crippen molar-refractivity contribution >= 4 is 5.91 Å². The van der Waals surface area contributed by atoms with Gasteiger partial charge in [0.25, 0.3) is 0 Å². The molecule has 0 unspecified atom stereocenters. The summed E-state index contributed by atoms with van der Waals surface area (Å²) in [6, 6.07) is 0. The van der Waals surface area contributed by atoms with Crippen molar-refractivity contribution < 1.29 is 4.79 Å². The van der Waals surface area contributed by atoms with Crippen LogP contribution in [0.4, 0.5) is 0 Å². The third-order valence-electron chi connectivity index (χ3n) is 3.18. The zero-order chi connectivity index (χ0) is 11.8. The molecular weight excluding hydrogens is 200 g/mol. The minimum atomic E-state index is 0.207. The molecule has 0 radical (unpaired) electrons. The van der Waals surface area contributed by atoms with Gasteiger partial charge >= 0.3 is 0 Å². The largest absolute Gasteiger partial charge is 0.356 e. The summed E-state index contributed by atoms with van der Waals surface area (Å²) in [4.78, 5) is 11.7. The average Bonchev–Trinajstić information content (AvgIpc) is 2.29. The van der Waals surface area contributed by atoms with Crippen molar-refractivity contribution in [1.29, 1.82) is 0 Å². The Morgan fingerprint density at radius 2 is 2.25 bits per heavy atom. The van der Waals surface area contributed by atoms with Crippen molar-refractivity contribution in [2.24, 2.45) is 11.8 Å². The highest BCUT2D eigenvalue weighted by atomic mass is 16.1. The number of unbranched alkanes of at least 4 members (excludes halogenated alkanes) is 1. The van der Waals surface area contributed by atoms with E-state index in [1.807, 2.05) is 0 Å². The maximum absolute atomic E-state index is 11.7. The summed E-state index contributed by atoms with van der Waals surface area (Å²) in [5.41, 5.74) is 0. The van der Waals surface area contributed by atoms with Gasteiger partial charge in [-0.1, -0.05) is 26.7 Å². The molecular formula is C13H26N2O. The molecule has 1 atom stereocenters. The molecule has 1 heterocycles. The quantitative estimate of drug-likeness (QED) is 0.679. The Kier molecular flexibility index (Phi) is 6.46. The van der Waals surface area contributed by atoms with Gasteiger partial charge in [0, 0.05) is 13.1 Å². The molecule has 0 bridgehead atoms. The zero-order valence-electron chi connectivity index (χ0n) is 10.7. The first-order valence-corrected chi connectivity index (χ1v) is 6.68. The van der Waals surface area contributed by atoms with Crippen LogP contribution in [0, 0.1) is 11.8 Å². The highest BCUT2D eigenvalue weighted by Gasteiger charge is 2.19. The molecule has 0 aliphatic carbocycles. The molecule has 1 fully saturated rings. The van der Waals surface area contributed by atoms with Crippen LogP contribution in [0.5, 0.6) is 0 Å². The second-order valence-electron chi connectivity index (χ2n) is 5.22. The minimum Gasteiger partial charge on any atom is -0.356 e. The van der Waals surface area contributed by atoms with Gasteiger partial charge < -0.3 is 10.6 Å². The topological polar surface area (TPSA) is 41.1 Å². The fraction of sp³-hybridized carbons (Fsp3) is 0.923. The van der Waals surface area contributed by atoms with Crippen LogP contribution in [0.2, 0.25) is 0 Å². The monoisotopic (exact) mass is 226 g/mol. The lowest BCUT2D eigenvalue weighted by molar-refractivity contribution is -0.125. The Labute approximate surface area is 99.4 Å². The fourth-order valence-electron chi connectivity index (χ4n) is 2.11. The Morgan fingerprint density at radius 1 is 1.44 bits per heavy atom. The smallest absolute Gasteiger partial charge is 0.224 e. The number of piperidine rings is 1. The van der Waals surface area contributed by atoms with Gasteiger partial charge in [0.2, 0.25) is 5.91 Å². The molecule has 94 valence electrons. The Balaban J connectivity index is 2.01. The van der Waals surface area contributed by atoms with Crippen LogP contribution in [0.25, 0.3) is 0 Å². The molecule has 1 saturated heterocycles. The number of carbonyl (C=O) groups is 1. The minimum absolute atomic E-state index is 0.207. The second kappa shape index (κ2) is 7.66. The van der Waals surface area contributed by atoms with E-state index in [9.17, 15) is 4.79 Å². The van der Waals surface area contributed by atoms with Crippen molar-refractivity contribution in [3.63, 3.8) is 0 Å². The van der Waals surface area contributed by atoms with E-state index < -0.39 is 0 Å². The maximum atomic E-state index is 11.7. The van der Waals surface area contributed by atoms with Gasteiger partial charge in [-0.2, -0.15) is 0 Å². The van der Waals surface area contributed by atoms with E-state index in [0.717, 1.165) is 44.8 Å². The first-order valence-electron chi connectivity index (χ1n) is 6.68. The van der Waals surface area contributed by atoms with Crippen molar-refractivity contribution in [2.45, 2.75) is 46.0 Å². The molecule has 3 nitrogen and oxygen atoms in total. The molecule has 0 saturated carbocycles. The summed E-state index contributed by atoms with van der Waals surface area (Å²) >= 11 is 0. The van der Waals surface area contributed by atoms with Crippen molar-refractivity contribution in [2.75, 3.05) is 19.6 Å². The summed E-state index contributed by atoms with van der Waals surface area (Å²) in [5.74, 6) is 1.23. The van der Waals surface area contributed by atoms with Crippen LogP contribution in [-0.4, -0.2) is 25.5 Å². The van der Waals surface area contributed by atoms with Gasteiger partial charge in [-0.05, 0) is 31.7 Å². The van der Waals surface area contributed by atoms with Crippen LogP contribution in [-0.2, 0) is 4.79 Å². The predicted molar refractivity (Wildman–Crippen MR) is 67.3 cm³/mol. The highest BCUT2D eigenvalue weighted by Crippen LogP contribution is 2.10. The Morgan fingerprint density at radius 3 is 2.88 bits per heavy atom. The van der Waals surface area contributed by atoms with Crippen LogP contribution in [0.1, 0.15) is 46.0 Å². The molecule has 3 heteroatoms. The van der Waals surface area contributed by atoms with E-state index in [2.05, 4.69) is 24.5 Å². The molecule has 1 rings (SSSR count). The SMILES string of the molecule is CC(C)CCCCNC(=O)[C@@H]1CCCNC1. The molecule has 16 heavy (non-hydrogen) atoms. The Bertz CT molecular complexity index is 198. The van der Waals surface area contributed by atoms with E-state index in [0.29, 0.717) is 0 Å². The maximum Gasteiger partial charge on any atom is 0.224 e. The van der Waals surface area contributed by atoms with Gasteiger partial charge in [-0.3, -0.25) is 4.79 Å². The molecule has 0 spiro atoms. The number of carbonyl (C=O) groups excluding carboxylic acids is 1. The lowest BCUT2D eigenvalue weighted by Gasteiger charge is -2.21. The van der Waals surface area contributed by atoms with Gasteiger partial charge in [0.1, 0.15) is 0 Å². The average molecular weight is 226 g/mol. The van der Waals surface area contributed by atoms with E-state index in [1.54, 1.807) is 0 Å². The standard InChI is InChI=1S/C13H26N2O/c1-11(2)6-3-4-9-15-13(16)12-7-5-8-14-10-12/h11-12,14H,3-10H2,1-2H3,(H,15,16)/t12-/m1/s1. The third kappa shape index (κ3) is 5.50. The zero-order valence-corrected chi connectivity index (χ0v) is 10.7.